The number of likely N-dealkylation sites (N-methyl/N-ethyl adjacent to an activating group) is 1. The maximum absolute atomic E-state index is 11.6. The zero-order valence-electron chi connectivity index (χ0n) is 10.3. The summed E-state index contributed by atoms with van der Waals surface area (Å²) in [5.41, 5.74) is 1.07. The number of hydrogen-bond donors (Lipinski definition) is 3. The van der Waals surface area contributed by atoms with Gasteiger partial charge in [-0.05, 0) is 23.8 Å². The topological polar surface area (TPSA) is 95.5 Å². The van der Waals surface area contributed by atoms with Gasteiger partial charge in [0.1, 0.15) is 0 Å². The third-order valence-electron chi connectivity index (χ3n) is 2.28. The average molecular weight is 262 g/mol. The maximum Gasteiger partial charge on any atom is 0.328 e. The van der Waals surface area contributed by atoms with Crippen molar-refractivity contribution in [2.24, 2.45) is 0 Å². The van der Waals surface area contributed by atoms with E-state index in [1.807, 2.05) is 0 Å². The normalized spacial score (nSPS) is 10.2. The molecule has 1 aromatic carbocycles. The molecule has 6 nitrogen and oxygen atoms in total. The Hall–Kier alpha value is -2.63. The molecule has 0 saturated carbocycles. The number of carbonyl (C=O) groups excluding carboxylic acids is 2. The first kappa shape index (κ1) is 14.4. The minimum absolute atomic E-state index is 0.0873. The molecular formula is C13H14N2O4. The van der Waals surface area contributed by atoms with Crippen LogP contribution in [0.2, 0.25) is 0 Å². The molecule has 1 aromatic rings. The largest absolute Gasteiger partial charge is 0.478 e. The van der Waals surface area contributed by atoms with Crippen molar-refractivity contribution < 1.29 is 19.5 Å². The summed E-state index contributed by atoms with van der Waals surface area (Å²) < 4.78 is 0. The molecule has 3 N–H and O–H groups in total. The highest BCUT2D eigenvalue weighted by Crippen LogP contribution is 2.06. The molecule has 0 heterocycles. The average Bonchev–Trinajstić information content (AvgIpc) is 2.42. The fourth-order valence-electron chi connectivity index (χ4n) is 1.26. The lowest BCUT2D eigenvalue weighted by Gasteiger charge is -2.04. The molecule has 100 valence electrons. The van der Waals surface area contributed by atoms with Crippen LogP contribution in [0.4, 0.5) is 0 Å². The molecule has 0 radical (unpaired) electrons. The molecule has 0 atom stereocenters. The van der Waals surface area contributed by atoms with E-state index in [1.165, 1.54) is 13.1 Å². The number of rotatable bonds is 5. The van der Waals surface area contributed by atoms with E-state index in [1.54, 1.807) is 24.3 Å². The van der Waals surface area contributed by atoms with Gasteiger partial charge in [-0.1, -0.05) is 12.1 Å². The zero-order chi connectivity index (χ0) is 14.3. The Morgan fingerprint density at radius 2 is 1.84 bits per heavy atom. The van der Waals surface area contributed by atoms with Gasteiger partial charge < -0.3 is 15.7 Å². The molecule has 19 heavy (non-hydrogen) atoms. The minimum atomic E-state index is -1.03. The van der Waals surface area contributed by atoms with Crippen molar-refractivity contribution in [3.8, 4) is 0 Å². The van der Waals surface area contributed by atoms with Crippen LogP contribution in [0.1, 0.15) is 15.9 Å². The molecule has 0 aliphatic rings. The number of nitrogens with one attached hydrogen (secondary N) is 2. The molecule has 0 saturated heterocycles. The number of amides is 2. The smallest absolute Gasteiger partial charge is 0.328 e. The summed E-state index contributed by atoms with van der Waals surface area (Å²) in [7, 11) is 1.48. The Morgan fingerprint density at radius 3 is 2.37 bits per heavy atom. The van der Waals surface area contributed by atoms with Gasteiger partial charge in [-0.25, -0.2) is 4.79 Å². The summed E-state index contributed by atoms with van der Waals surface area (Å²) >= 11 is 0. The monoisotopic (exact) mass is 262 g/mol. The quantitative estimate of drug-likeness (QED) is 0.663. The summed E-state index contributed by atoms with van der Waals surface area (Å²) in [5, 5.41) is 13.3. The van der Waals surface area contributed by atoms with E-state index in [0.717, 1.165) is 6.08 Å². The van der Waals surface area contributed by atoms with E-state index in [-0.39, 0.29) is 18.4 Å². The molecule has 2 amide bonds. The van der Waals surface area contributed by atoms with Gasteiger partial charge in [0.15, 0.2) is 0 Å². The summed E-state index contributed by atoms with van der Waals surface area (Å²) in [6.45, 7) is -0.0873. The molecule has 0 spiro atoms. The van der Waals surface area contributed by atoms with Crippen molar-refractivity contribution >= 4 is 23.9 Å². The highest BCUT2D eigenvalue weighted by molar-refractivity contribution is 5.96. The second-order valence-electron chi connectivity index (χ2n) is 3.65. The van der Waals surface area contributed by atoms with Crippen LogP contribution in [0.3, 0.4) is 0 Å². The highest BCUT2D eigenvalue weighted by atomic mass is 16.4. The van der Waals surface area contributed by atoms with Crippen molar-refractivity contribution in [3.05, 3.63) is 41.5 Å². The van der Waals surface area contributed by atoms with Gasteiger partial charge in [-0.2, -0.15) is 0 Å². The number of aliphatic carboxylic acids is 1. The van der Waals surface area contributed by atoms with Crippen LogP contribution in [-0.2, 0) is 9.59 Å². The predicted molar refractivity (Wildman–Crippen MR) is 69.5 cm³/mol. The molecule has 0 fully saturated rings. The van der Waals surface area contributed by atoms with Crippen LogP contribution in [-0.4, -0.2) is 36.5 Å². The third kappa shape index (κ3) is 5.03. The van der Waals surface area contributed by atoms with E-state index in [9.17, 15) is 14.4 Å². The van der Waals surface area contributed by atoms with Crippen molar-refractivity contribution in [2.45, 2.75) is 0 Å². The van der Waals surface area contributed by atoms with Crippen LogP contribution in [0, 0.1) is 0 Å². The van der Waals surface area contributed by atoms with Crippen LogP contribution < -0.4 is 10.6 Å². The number of hydrogen-bond acceptors (Lipinski definition) is 3. The standard InChI is InChI=1S/C13H14N2O4/c1-14-11(16)8-15-13(19)10-5-2-9(3-6-10)4-7-12(17)18/h2-7H,8H2,1H3,(H,14,16)(H,15,19)(H,17,18)/b7-4+. The van der Waals surface area contributed by atoms with E-state index in [4.69, 9.17) is 5.11 Å². The van der Waals surface area contributed by atoms with Gasteiger partial charge in [0, 0.05) is 18.7 Å². The Kier molecular flexibility index (Phi) is 5.28. The van der Waals surface area contributed by atoms with Crippen molar-refractivity contribution in [1.82, 2.24) is 10.6 Å². The van der Waals surface area contributed by atoms with Gasteiger partial charge in [0.25, 0.3) is 5.91 Å². The summed E-state index contributed by atoms with van der Waals surface area (Å²) in [4.78, 5) is 32.9. The van der Waals surface area contributed by atoms with Gasteiger partial charge in [-0.15, -0.1) is 0 Å². The van der Waals surface area contributed by atoms with Crippen LogP contribution in [0.15, 0.2) is 30.3 Å². The van der Waals surface area contributed by atoms with Gasteiger partial charge in [-0.3, -0.25) is 9.59 Å². The fraction of sp³-hybridized carbons (Fsp3) is 0.154. The first-order valence-corrected chi connectivity index (χ1v) is 5.53. The first-order chi connectivity index (χ1) is 9.02. The lowest BCUT2D eigenvalue weighted by molar-refractivity contribution is -0.131. The molecule has 0 unspecified atom stereocenters. The zero-order valence-corrected chi connectivity index (χ0v) is 10.3. The van der Waals surface area contributed by atoms with E-state index < -0.39 is 5.97 Å². The Balaban J connectivity index is 2.63. The van der Waals surface area contributed by atoms with Crippen LogP contribution in [0.25, 0.3) is 6.08 Å². The Labute approximate surface area is 110 Å². The number of benzene rings is 1. The molecule has 6 heteroatoms. The van der Waals surface area contributed by atoms with E-state index in [0.29, 0.717) is 11.1 Å². The third-order valence-corrected chi connectivity index (χ3v) is 2.28. The Morgan fingerprint density at radius 1 is 1.21 bits per heavy atom. The molecule has 0 aromatic heterocycles. The van der Waals surface area contributed by atoms with Gasteiger partial charge >= 0.3 is 5.97 Å². The molecule has 0 bridgehead atoms. The molecule has 0 aliphatic carbocycles. The predicted octanol–water partition coefficient (Wildman–Crippen LogP) is 0.260. The molecule has 1 rings (SSSR count). The van der Waals surface area contributed by atoms with Crippen molar-refractivity contribution in [3.63, 3.8) is 0 Å². The minimum Gasteiger partial charge on any atom is -0.478 e. The van der Waals surface area contributed by atoms with Gasteiger partial charge in [0.05, 0.1) is 6.54 Å². The number of carbonyl (C=O) groups is 3. The molecule has 0 aliphatic heterocycles. The van der Waals surface area contributed by atoms with Crippen LogP contribution >= 0.6 is 0 Å². The maximum atomic E-state index is 11.6. The van der Waals surface area contributed by atoms with E-state index >= 15 is 0 Å². The Bertz CT molecular complexity index is 506. The number of carboxylic acids is 1. The van der Waals surface area contributed by atoms with Gasteiger partial charge in [0.2, 0.25) is 5.91 Å². The second kappa shape index (κ2) is 6.95. The van der Waals surface area contributed by atoms with Crippen molar-refractivity contribution in [2.75, 3.05) is 13.6 Å². The van der Waals surface area contributed by atoms with Crippen molar-refractivity contribution in [1.29, 1.82) is 0 Å². The summed E-state index contributed by atoms with van der Waals surface area (Å²) in [5.74, 6) is -1.68. The summed E-state index contributed by atoms with van der Waals surface area (Å²) in [6, 6.07) is 6.35. The number of carboxylic acid groups (broad SMARTS) is 1. The fourth-order valence-corrected chi connectivity index (χ4v) is 1.26. The van der Waals surface area contributed by atoms with E-state index in [2.05, 4.69) is 10.6 Å². The second-order valence-corrected chi connectivity index (χ2v) is 3.65. The highest BCUT2D eigenvalue weighted by Gasteiger charge is 2.06. The molecular weight excluding hydrogens is 248 g/mol. The summed E-state index contributed by atoms with van der Waals surface area (Å²) in [6.07, 6.45) is 2.44. The lowest BCUT2D eigenvalue weighted by atomic mass is 10.1. The lowest BCUT2D eigenvalue weighted by Crippen LogP contribution is -2.35. The first-order valence-electron chi connectivity index (χ1n) is 5.53. The SMILES string of the molecule is CNC(=O)CNC(=O)c1ccc(/C=C/C(=O)O)cc1. The van der Waals surface area contributed by atoms with Crippen LogP contribution in [0.5, 0.6) is 0 Å².